The molecule has 0 bridgehead atoms. The summed E-state index contributed by atoms with van der Waals surface area (Å²) < 4.78 is 5.10. The Hall–Kier alpha value is -2.56. The van der Waals surface area contributed by atoms with Crippen LogP contribution in [0.2, 0.25) is 0 Å². The lowest BCUT2D eigenvalue weighted by Crippen LogP contribution is -2.36. The Morgan fingerprint density at radius 1 is 1.22 bits per heavy atom. The van der Waals surface area contributed by atoms with E-state index in [4.69, 9.17) is 4.42 Å². The van der Waals surface area contributed by atoms with Crippen molar-refractivity contribution < 1.29 is 14.0 Å². The maximum Gasteiger partial charge on any atom is 0.291 e. The lowest BCUT2D eigenvalue weighted by molar-refractivity contribution is -0.119. The summed E-state index contributed by atoms with van der Waals surface area (Å²) in [7, 11) is 0. The molecule has 0 spiro atoms. The smallest absolute Gasteiger partial charge is 0.291 e. The first-order valence-corrected chi connectivity index (χ1v) is 8.01. The van der Waals surface area contributed by atoms with Crippen molar-refractivity contribution in [1.82, 2.24) is 0 Å². The summed E-state index contributed by atoms with van der Waals surface area (Å²) in [5, 5.41) is 2.83. The molecule has 1 aliphatic heterocycles. The molecule has 0 radical (unpaired) electrons. The second kappa shape index (κ2) is 5.57. The van der Waals surface area contributed by atoms with E-state index < -0.39 is 0 Å². The van der Waals surface area contributed by atoms with Crippen molar-refractivity contribution in [3.8, 4) is 0 Å². The van der Waals surface area contributed by atoms with E-state index in [2.05, 4.69) is 5.32 Å². The Kier molecular flexibility index (Phi) is 3.41. The topological polar surface area (TPSA) is 62.6 Å². The van der Waals surface area contributed by atoms with E-state index in [0.29, 0.717) is 5.69 Å². The summed E-state index contributed by atoms with van der Waals surface area (Å²) in [4.78, 5) is 26.4. The van der Waals surface area contributed by atoms with Crippen molar-refractivity contribution >= 4 is 23.2 Å². The van der Waals surface area contributed by atoms with Crippen molar-refractivity contribution in [3.63, 3.8) is 0 Å². The molecule has 0 unspecified atom stereocenters. The summed E-state index contributed by atoms with van der Waals surface area (Å²) >= 11 is 0. The lowest BCUT2D eigenvalue weighted by atomic mass is 10.0. The monoisotopic (exact) mass is 310 g/mol. The van der Waals surface area contributed by atoms with Crippen LogP contribution in [0.25, 0.3) is 0 Å². The van der Waals surface area contributed by atoms with Gasteiger partial charge in [0.05, 0.1) is 6.26 Å². The Morgan fingerprint density at radius 2 is 2.09 bits per heavy atom. The number of nitrogens with one attached hydrogen (secondary N) is 1. The molecule has 4 rings (SSSR count). The van der Waals surface area contributed by atoms with Gasteiger partial charge < -0.3 is 14.6 Å². The average molecular weight is 310 g/mol. The van der Waals surface area contributed by atoms with Gasteiger partial charge in [-0.1, -0.05) is 6.07 Å². The minimum Gasteiger partial charge on any atom is -0.459 e. The zero-order valence-corrected chi connectivity index (χ0v) is 12.7. The van der Waals surface area contributed by atoms with Crippen LogP contribution in [0.4, 0.5) is 11.4 Å². The molecule has 1 aromatic heterocycles. The number of nitrogens with zero attached hydrogens (tertiary/aromatic N) is 1. The standard InChI is InChI=1S/C18H18N2O3/c21-17(16-4-2-10-23-16)19-14-8-7-12-3-1-9-20(15(12)11-14)18(22)13-5-6-13/h2,4,7-8,10-11,13H,1,3,5-6,9H2,(H,19,21). The highest BCUT2D eigenvalue weighted by Crippen LogP contribution is 2.36. The molecular weight excluding hydrogens is 292 g/mol. The number of hydrogen-bond acceptors (Lipinski definition) is 3. The van der Waals surface area contributed by atoms with Gasteiger partial charge in [0.2, 0.25) is 5.91 Å². The third-order valence-corrected chi connectivity index (χ3v) is 4.40. The molecule has 2 aromatic rings. The number of amides is 2. The summed E-state index contributed by atoms with van der Waals surface area (Å²) in [6.45, 7) is 0.762. The minimum absolute atomic E-state index is 0.197. The van der Waals surface area contributed by atoms with Crippen LogP contribution in [0, 0.1) is 5.92 Å². The number of aryl methyl sites for hydroxylation is 1. The van der Waals surface area contributed by atoms with Gasteiger partial charge in [-0.05, 0) is 55.5 Å². The summed E-state index contributed by atoms with van der Waals surface area (Å²) in [6.07, 6.45) is 5.43. The van der Waals surface area contributed by atoms with Crippen molar-refractivity contribution in [1.29, 1.82) is 0 Å². The molecule has 0 atom stereocenters. The Morgan fingerprint density at radius 3 is 2.83 bits per heavy atom. The molecule has 0 saturated heterocycles. The maximum absolute atomic E-state index is 12.5. The normalized spacial score (nSPS) is 16.8. The van der Waals surface area contributed by atoms with Crippen molar-refractivity contribution in [2.24, 2.45) is 5.92 Å². The first-order chi connectivity index (χ1) is 11.2. The van der Waals surface area contributed by atoms with Crippen molar-refractivity contribution in [3.05, 3.63) is 47.9 Å². The molecule has 118 valence electrons. The van der Waals surface area contributed by atoms with Gasteiger partial charge in [-0.25, -0.2) is 0 Å². The largest absolute Gasteiger partial charge is 0.459 e. The molecule has 5 heteroatoms. The van der Waals surface area contributed by atoms with Gasteiger partial charge in [-0.2, -0.15) is 0 Å². The predicted octanol–water partition coefficient (Wildman–Crippen LogP) is 3.22. The lowest BCUT2D eigenvalue weighted by Gasteiger charge is -2.30. The molecule has 5 nitrogen and oxygen atoms in total. The summed E-state index contributed by atoms with van der Waals surface area (Å²) in [5.41, 5.74) is 2.78. The number of benzene rings is 1. The van der Waals surface area contributed by atoms with E-state index in [1.165, 1.54) is 11.8 Å². The minimum atomic E-state index is -0.286. The van der Waals surface area contributed by atoms with Gasteiger partial charge in [0.25, 0.3) is 5.91 Å². The Balaban J connectivity index is 1.59. The molecule has 1 N–H and O–H groups in total. The van der Waals surface area contributed by atoms with Crippen LogP contribution in [0.1, 0.15) is 35.4 Å². The van der Waals surface area contributed by atoms with Gasteiger partial charge in [0.15, 0.2) is 5.76 Å². The van der Waals surface area contributed by atoms with E-state index >= 15 is 0 Å². The fourth-order valence-electron chi connectivity index (χ4n) is 3.03. The number of furan rings is 1. The van der Waals surface area contributed by atoms with Gasteiger partial charge in [0.1, 0.15) is 0 Å². The Labute approximate surface area is 134 Å². The quantitative estimate of drug-likeness (QED) is 0.946. The third kappa shape index (κ3) is 2.74. The highest BCUT2D eigenvalue weighted by atomic mass is 16.3. The second-order valence-electron chi connectivity index (χ2n) is 6.14. The predicted molar refractivity (Wildman–Crippen MR) is 86.5 cm³/mol. The van der Waals surface area contributed by atoms with Crippen molar-refractivity contribution in [2.75, 3.05) is 16.8 Å². The number of rotatable bonds is 3. The zero-order chi connectivity index (χ0) is 15.8. The number of hydrogen-bond donors (Lipinski definition) is 1. The van der Waals surface area contributed by atoms with E-state index in [-0.39, 0.29) is 23.5 Å². The molecule has 1 aliphatic carbocycles. The molecule has 1 saturated carbocycles. The SMILES string of the molecule is O=C(Nc1ccc2c(c1)N(C(=O)C1CC1)CCC2)c1ccco1. The van der Waals surface area contributed by atoms with E-state index in [1.54, 1.807) is 12.1 Å². The fourth-order valence-corrected chi connectivity index (χ4v) is 3.03. The third-order valence-electron chi connectivity index (χ3n) is 4.40. The van der Waals surface area contributed by atoms with Crippen LogP contribution in [-0.4, -0.2) is 18.4 Å². The summed E-state index contributed by atoms with van der Waals surface area (Å²) in [5.74, 6) is 0.405. The molecule has 1 fully saturated rings. The number of carbonyl (C=O) groups excluding carboxylic acids is 2. The van der Waals surface area contributed by atoms with Crippen LogP contribution < -0.4 is 10.2 Å². The fraction of sp³-hybridized carbons (Fsp3) is 0.333. The molecule has 1 aromatic carbocycles. The van der Waals surface area contributed by atoms with Crippen LogP contribution in [0.3, 0.4) is 0 Å². The zero-order valence-electron chi connectivity index (χ0n) is 12.7. The maximum atomic E-state index is 12.5. The molecule has 2 heterocycles. The van der Waals surface area contributed by atoms with Gasteiger partial charge in [0, 0.05) is 23.8 Å². The van der Waals surface area contributed by atoms with Crippen LogP contribution in [-0.2, 0) is 11.2 Å². The first-order valence-electron chi connectivity index (χ1n) is 8.01. The van der Waals surface area contributed by atoms with Crippen LogP contribution in [0.5, 0.6) is 0 Å². The van der Waals surface area contributed by atoms with Gasteiger partial charge >= 0.3 is 0 Å². The van der Waals surface area contributed by atoms with E-state index in [9.17, 15) is 9.59 Å². The first kappa shape index (κ1) is 14.1. The van der Waals surface area contributed by atoms with Gasteiger partial charge in [-0.3, -0.25) is 9.59 Å². The number of fused-ring (bicyclic) bond motifs is 1. The summed E-state index contributed by atoms with van der Waals surface area (Å²) in [6, 6.07) is 9.08. The molecular formula is C18H18N2O3. The molecule has 2 amide bonds. The molecule has 2 aliphatic rings. The highest BCUT2D eigenvalue weighted by molar-refractivity contribution is 6.03. The average Bonchev–Trinajstić information content (AvgIpc) is 3.27. The van der Waals surface area contributed by atoms with E-state index in [0.717, 1.165) is 37.9 Å². The van der Waals surface area contributed by atoms with Crippen molar-refractivity contribution in [2.45, 2.75) is 25.7 Å². The van der Waals surface area contributed by atoms with Crippen LogP contribution >= 0.6 is 0 Å². The molecule has 23 heavy (non-hydrogen) atoms. The van der Waals surface area contributed by atoms with E-state index in [1.807, 2.05) is 23.1 Å². The number of carbonyl (C=O) groups is 2. The second-order valence-corrected chi connectivity index (χ2v) is 6.14. The Bertz CT molecular complexity index is 748. The van der Waals surface area contributed by atoms with Gasteiger partial charge in [-0.15, -0.1) is 0 Å². The number of anilines is 2. The van der Waals surface area contributed by atoms with Crippen LogP contribution in [0.15, 0.2) is 41.0 Å². The highest BCUT2D eigenvalue weighted by Gasteiger charge is 2.35.